The first-order valence-corrected chi connectivity index (χ1v) is 13.9. The molecule has 10 heteroatoms. The van der Waals surface area contributed by atoms with Crippen LogP contribution in [0.2, 0.25) is 0 Å². The van der Waals surface area contributed by atoms with Crippen molar-refractivity contribution in [2.24, 2.45) is 0 Å². The lowest BCUT2D eigenvalue weighted by atomic mass is 9.84. The molecule has 1 fully saturated rings. The van der Waals surface area contributed by atoms with Gasteiger partial charge in [-0.25, -0.2) is 12.8 Å². The summed E-state index contributed by atoms with van der Waals surface area (Å²) >= 11 is 0. The molecule has 2 aliphatic heterocycles. The number of rotatable bonds is 8. The highest BCUT2D eigenvalue weighted by Crippen LogP contribution is 2.47. The Bertz CT molecular complexity index is 1400. The third-order valence-corrected chi connectivity index (χ3v) is 8.36. The first kappa shape index (κ1) is 26.1. The molecular weight excluding hydrogens is 511 g/mol. The van der Waals surface area contributed by atoms with Crippen molar-refractivity contribution in [2.75, 3.05) is 11.3 Å². The maximum atomic E-state index is 13.2. The van der Waals surface area contributed by atoms with Gasteiger partial charge in [0.25, 0.3) is 10.0 Å². The van der Waals surface area contributed by atoms with Crippen LogP contribution < -0.4 is 14.8 Å². The number of ether oxygens (including phenoxy) is 2. The van der Waals surface area contributed by atoms with E-state index in [0.717, 1.165) is 23.3 Å². The second kappa shape index (κ2) is 10.7. The molecule has 2 heterocycles. The normalized spacial score (nSPS) is 23.0. The molecule has 3 aromatic rings. The van der Waals surface area contributed by atoms with E-state index in [1.54, 1.807) is 18.2 Å². The van der Waals surface area contributed by atoms with Gasteiger partial charge in [0.15, 0.2) is 0 Å². The molecule has 1 amide bonds. The maximum absolute atomic E-state index is 13.2. The third-order valence-electron chi connectivity index (χ3n) is 6.97. The summed E-state index contributed by atoms with van der Waals surface area (Å²) in [4.78, 5) is 12.7. The molecule has 3 aromatic carbocycles. The SMILES string of the molecule is C[C@H](NC(=O)C[C@@H]1C[C@@H]2c3cc(NS(=O)(=O)c4ccc(F)cc4)ccc3O[C@@H]2[C@@H](CO)O1)c1ccccc1. The Hall–Kier alpha value is -3.47. The standard InChI is InChI=1S/C28H29FN2O6S/c1-17(18-5-3-2-4-6-18)30-27(33)15-21-14-24-23-13-20(9-12-25(23)37-28(24)26(16-32)36-21)31-38(34,35)22-10-7-19(29)8-11-22/h2-13,17,21,24,26,28,31-32H,14-16H2,1H3,(H,30,33)/t17-,21-,24+,26+,28-/m0/s1. The molecule has 5 atom stereocenters. The topological polar surface area (TPSA) is 114 Å². The minimum absolute atomic E-state index is 0.0595. The molecule has 0 aliphatic carbocycles. The van der Waals surface area contributed by atoms with Crippen molar-refractivity contribution in [3.63, 3.8) is 0 Å². The molecule has 38 heavy (non-hydrogen) atoms. The molecule has 0 radical (unpaired) electrons. The van der Waals surface area contributed by atoms with Gasteiger partial charge >= 0.3 is 0 Å². The number of carbonyl (C=O) groups is 1. The van der Waals surface area contributed by atoms with Crippen LogP contribution in [0.25, 0.3) is 0 Å². The highest BCUT2D eigenvalue weighted by atomic mass is 32.2. The van der Waals surface area contributed by atoms with Crippen molar-refractivity contribution >= 4 is 21.6 Å². The summed E-state index contributed by atoms with van der Waals surface area (Å²) in [7, 11) is -3.93. The minimum Gasteiger partial charge on any atom is -0.487 e. The van der Waals surface area contributed by atoms with E-state index in [0.29, 0.717) is 17.9 Å². The zero-order valence-corrected chi connectivity index (χ0v) is 21.5. The summed E-state index contributed by atoms with van der Waals surface area (Å²) in [6.45, 7) is 1.63. The van der Waals surface area contributed by atoms with Crippen LogP contribution in [0.15, 0.2) is 77.7 Å². The van der Waals surface area contributed by atoms with Gasteiger partial charge in [0, 0.05) is 17.2 Å². The number of fused-ring (bicyclic) bond motifs is 3. The number of carbonyl (C=O) groups excluding carboxylic acids is 1. The fourth-order valence-corrected chi connectivity index (χ4v) is 6.16. The molecule has 0 aromatic heterocycles. The molecule has 0 bridgehead atoms. The highest BCUT2D eigenvalue weighted by Gasteiger charge is 2.46. The number of aliphatic hydroxyl groups excluding tert-OH is 1. The van der Waals surface area contributed by atoms with Crippen molar-refractivity contribution in [3.8, 4) is 5.75 Å². The lowest BCUT2D eigenvalue weighted by molar-refractivity contribution is -0.142. The van der Waals surface area contributed by atoms with Crippen LogP contribution >= 0.6 is 0 Å². The molecule has 5 rings (SSSR count). The Labute approximate surface area is 220 Å². The van der Waals surface area contributed by atoms with Crippen LogP contribution in [-0.2, 0) is 19.6 Å². The number of benzene rings is 3. The monoisotopic (exact) mass is 540 g/mol. The Morgan fingerprint density at radius 2 is 1.84 bits per heavy atom. The molecule has 1 saturated heterocycles. The van der Waals surface area contributed by atoms with Crippen LogP contribution in [-0.4, -0.2) is 44.4 Å². The largest absolute Gasteiger partial charge is 0.487 e. The van der Waals surface area contributed by atoms with Gasteiger partial charge in [-0.3, -0.25) is 9.52 Å². The van der Waals surface area contributed by atoms with E-state index < -0.39 is 34.2 Å². The van der Waals surface area contributed by atoms with Crippen LogP contribution in [0.4, 0.5) is 10.1 Å². The third kappa shape index (κ3) is 5.52. The number of anilines is 1. The van der Waals surface area contributed by atoms with Crippen molar-refractivity contribution in [1.82, 2.24) is 5.32 Å². The highest BCUT2D eigenvalue weighted by molar-refractivity contribution is 7.92. The second-order valence-corrected chi connectivity index (χ2v) is 11.3. The fraction of sp³-hybridized carbons (Fsp3) is 0.321. The van der Waals surface area contributed by atoms with Crippen LogP contribution in [0, 0.1) is 5.82 Å². The van der Waals surface area contributed by atoms with Gasteiger partial charge in [-0.05, 0) is 61.4 Å². The lowest BCUT2D eigenvalue weighted by Gasteiger charge is -2.37. The number of amides is 1. The maximum Gasteiger partial charge on any atom is 0.261 e. The van der Waals surface area contributed by atoms with E-state index in [1.807, 2.05) is 37.3 Å². The minimum atomic E-state index is -3.93. The zero-order valence-electron chi connectivity index (χ0n) is 20.7. The molecule has 200 valence electrons. The average Bonchev–Trinajstić information content (AvgIpc) is 3.26. The predicted molar refractivity (Wildman–Crippen MR) is 139 cm³/mol. The smallest absolute Gasteiger partial charge is 0.261 e. The molecular formula is C28H29FN2O6S. The number of hydrogen-bond acceptors (Lipinski definition) is 6. The summed E-state index contributed by atoms with van der Waals surface area (Å²) in [5, 5.41) is 13.0. The van der Waals surface area contributed by atoms with E-state index in [-0.39, 0.29) is 35.8 Å². The second-order valence-electron chi connectivity index (χ2n) is 9.62. The zero-order chi connectivity index (χ0) is 26.9. The van der Waals surface area contributed by atoms with E-state index in [1.165, 1.54) is 12.1 Å². The van der Waals surface area contributed by atoms with Crippen LogP contribution in [0.3, 0.4) is 0 Å². The molecule has 3 N–H and O–H groups in total. The molecule has 0 saturated carbocycles. The Morgan fingerprint density at radius 3 is 2.55 bits per heavy atom. The molecule has 8 nitrogen and oxygen atoms in total. The van der Waals surface area contributed by atoms with Gasteiger partial charge in [-0.2, -0.15) is 0 Å². The lowest BCUT2D eigenvalue weighted by Crippen LogP contribution is -2.47. The van der Waals surface area contributed by atoms with E-state index in [4.69, 9.17) is 9.47 Å². The van der Waals surface area contributed by atoms with E-state index in [2.05, 4.69) is 10.0 Å². The predicted octanol–water partition coefficient (Wildman–Crippen LogP) is 3.89. The molecule has 2 aliphatic rings. The number of sulfonamides is 1. The Kier molecular flexibility index (Phi) is 7.38. The summed E-state index contributed by atoms with van der Waals surface area (Å²) in [6, 6.07) is 19.0. The summed E-state index contributed by atoms with van der Waals surface area (Å²) in [5.74, 6) is -0.313. The summed E-state index contributed by atoms with van der Waals surface area (Å²) < 4.78 is 53.5. The van der Waals surface area contributed by atoms with E-state index in [9.17, 15) is 22.7 Å². The number of aliphatic hydroxyl groups is 1. The summed E-state index contributed by atoms with van der Waals surface area (Å²) in [5.41, 5.74) is 2.10. The molecule has 0 unspecified atom stereocenters. The van der Waals surface area contributed by atoms with Gasteiger partial charge in [0.1, 0.15) is 23.8 Å². The summed E-state index contributed by atoms with van der Waals surface area (Å²) in [6.07, 6.45) is -0.963. The quantitative estimate of drug-likeness (QED) is 0.400. The van der Waals surface area contributed by atoms with Gasteiger partial charge in [0.2, 0.25) is 5.91 Å². The first-order chi connectivity index (χ1) is 18.2. The van der Waals surface area contributed by atoms with Gasteiger partial charge in [-0.15, -0.1) is 0 Å². The van der Waals surface area contributed by atoms with E-state index >= 15 is 0 Å². The first-order valence-electron chi connectivity index (χ1n) is 12.4. The van der Waals surface area contributed by atoms with Crippen molar-refractivity contribution in [2.45, 2.75) is 54.9 Å². The van der Waals surface area contributed by atoms with Crippen molar-refractivity contribution in [3.05, 3.63) is 89.7 Å². The number of halogens is 1. The number of hydrogen-bond donors (Lipinski definition) is 3. The van der Waals surface area contributed by atoms with Crippen molar-refractivity contribution in [1.29, 1.82) is 0 Å². The van der Waals surface area contributed by atoms with Gasteiger partial charge in [0.05, 0.1) is 30.1 Å². The Balaban J connectivity index is 1.30. The number of nitrogens with one attached hydrogen (secondary N) is 2. The average molecular weight is 541 g/mol. The van der Waals surface area contributed by atoms with Gasteiger partial charge in [-0.1, -0.05) is 30.3 Å². The van der Waals surface area contributed by atoms with Crippen LogP contribution in [0.1, 0.15) is 42.9 Å². The van der Waals surface area contributed by atoms with Crippen LogP contribution in [0.5, 0.6) is 5.75 Å². The van der Waals surface area contributed by atoms with Gasteiger partial charge < -0.3 is 19.9 Å². The van der Waals surface area contributed by atoms with Crippen molar-refractivity contribution < 1.29 is 32.2 Å². The fourth-order valence-electron chi connectivity index (χ4n) is 5.11. The molecule has 0 spiro atoms. The Morgan fingerprint density at radius 1 is 1.11 bits per heavy atom.